The summed E-state index contributed by atoms with van der Waals surface area (Å²) in [6.07, 6.45) is 5.96. The number of carboxylic acid groups (broad SMARTS) is 1. The number of hydrogen-bond donors (Lipinski definition) is 2. The van der Waals surface area contributed by atoms with Crippen LogP contribution in [-0.4, -0.2) is 27.1 Å². The van der Waals surface area contributed by atoms with Gasteiger partial charge in [0.2, 0.25) is 0 Å². The number of nitrogens with one attached hydrogen (secondary N) is 1. The maximum atomic E-state index is 11.4. The molecule has 0 saturated heterocycles. The van der Waals surface area contributed by atoms with Crippen molar-refractivity contribution < 1.29 is 9.90 Å². The average molecular weight is 258 g/mol. The van der Waals surface area contributed by atoms with Gasteiger partial charge in [0.15, 0.2) is 5.69 Å². The zero-order valence-electron chi connectivity index (χ0n) is 10.3. The van der Waals surface area contributed by atoms with Crippen LogP contribution in [-0.2, 0) is 4.79 Å². The fraction of sp³-hybridized carbons (Fsp3) is 0.538. The number of hydrogen-bond acceptors (Lipinski definition) is 5. The van der Waals surface area contributed by atoms with Crippen LogP contribution < -0.4 is 5.32 Å². The highest BCUT2D eigenvalue weighted by Crippen LogP contribution is 2.49. The monoisotopic (exact) mass is 258 g/mol. The number of aromatic nitrogens is 2. The lowest BCUT2D eigenvalue weighted by Gasteiger charge is -2.29. The van der Waals surface area contributed by atoms with Gasteiger partial charge < -0.3 is 10.4 Å². The van der Waals surface area contributed by atoms with Crippen LogP contribution in [0.2, 0.25) is 0 Å². The molecular weight excluding hydrogens is 244 g/mol. The first-order valence-electron chi connectivity index (χ1n) is 6.40. The Morgan fingerprint density at radius 2 is 2.16 bits per heavy atom. The molecule has 6 heteroatoms. The molecule has 6 nitrogen and oxygen atoms in total. The number of fused-ring (bicyclic) bond motifs is 2. The molecule has 0 spiro atoms. The maximum Gasteiger partial charge on any atom is 0.308 e. The van der Waals surface area contributed by atoms with Crippen LogP contribution in [0.4, 0.5) is 5.82 Å². The smallest absolute Gasteiger partial charge is 0.308 e. The highest BCUT2D eigenvalue weighted by Gasteiger charge is 2.51. The number of rotatable bonds is 3. The summed E-state index contributed by atoms with van der Waals surface area (Å²) in [5, 5.41) is 21.2. The molecule has 0 radical (unpaired) electrons. The van der Waals surface area contributed by atoms with Gasteiger partial charge in [0.1, 0.15) is 11.9 Å². The molecule has 0 amide bonds. The molecule has 0 aromatic carbocycles. The highest BCUT2D eigenvalue weighted by atomic mass is 16.4. The molecule has 4 unspecified atom stereocenters. The third-order valence-electron chi connectivity index (χ3n) is 4.28. The fourth-order valence-electron chi connectivity index (χ4n) is 3.49. The molecule has 3 rings (SSSR count). The van der Waals surface area contributed by atoms with Crippen LogP contribution in [0.5, 0.6) is 0 Å². The zero-order chi connectivity index (χ0) is 13.4. The Labute approximate surface area is 110 Å². The minimum Gasteiger partial charge on any atom is -0.481 e. The van der Waals surface area contributed by atoms with Crippen LogP contribution in [0.3, 0.4) is 0 Å². The van der Waals surface area contributed by atoms with Crippen molar-refractivity contribution in [3.05, 3.63) is 18.1 Å². The van der Waals surface area contributed by atoms with Gasteiger partial charge in [-0.1, -0.05) is 0 Å². The van der Waals surface area contributed by atoms with E-state index in [0.29, 0.717) is 11.7 Å². The molecule has 0 aliphatic heterocycles. The van der Waals surface area contributed by atoms with Crippen molar-refractivity contribution in [2.45, 2.75) is 25.3 Å². The van der Waals surface area contributed by atoms with Gasteiger partial charge in [0.05, 0.1) is 18.3 Å². The van der Waals surface area contributed by atoms with E-state index in [4.69, 9.17) is 5.26 Å². The van der Waals surface area contributed by atoms with Gasteiger partial charge in [-0.05, 0) is 31.1 Å². The first-order valence-corrected chi connectivity index (χ1v) is 6.40. The Hall–Kier alpha value is -2.16. The number of anilines is 1. The number of nitrogens with zero attached hydrogens (tertiary/aromatic N) is 3. The molecule has 2 aliphatic carbocycles. The Balaban J connectivity index is 1.78. The average Bonchev–Trinajstić information content (AvgIpc) is 3.00. The molecular formula is C13H14N4O2. The zero-order valence-corrected chi connectivity index (χ0v) is 10.3. The number of nitriles is 1. The molecule has 1 aromatic heterocycles. The van der Waals surface area contributed by atoms with E-state index in [2.05, 4.69) is 15.3 Å². The summed E-state index contributed by atoms with van der Waals surface area (Å²) in [7, 11) is 0. The second-order valence-corrected chi connectivity index (χ2v) is 5.27. The summed E-state index contributed by atoms with van der Waals surface area (Å²) in [4.78, 5) is 19.4. The van der Waals surface area contributed by atoms with Gasteiger partial charge in [0.25, 0.3) is 0 Å². The number of carbonyl (C=O) groups is 1. The summed E-state index contributed by atoms with van der Waals surface area (Å²) >= 11 is 0. The van der Waals surface area contributed by atoms with Gasteiger partial charge in [0, 0.05) is 6.04 Å². The topological polar surface area (TPSA) is 98.9 Å². The van der Waals surface area contributed by atoms with Crippen molar-refractivity contribution in [3.8, 4) is 6.07 Å². The molecule has 2 N–H and O–H groups in total. The molecule has 2 bridgehead atoms. The van der Waals surface area contributed by atoms with Crippen molar-refractivity contribution in [1.82, 2.24) is 9.97 Å². The van der Waals surface area contributed by atoms with Crippen molar-refractivity contribution >= 4 is 11.8 Å². The molecule has 1 aromatic rings. The third-order valence-corrected chi connectivity index (χ3v) is 4.28. The van der Waals surface area contributed by atoms with Gasteiger partial charge in [-0.25, -0.2) is 9.97 Å². The molecule has 2 fully saturated rings. The second-order valence-electron chi connectivity index (χ2n) is 5.27. The Bertz CT molecular complexity index is 537. The predicted molar refractivity (Wildman–Crippen MR) is 66.1 cm³/mol. The normalized spacial score (nSPS) is 31.9. The molecule has 19 heavy (non-hydrogen) atoms. The van der Waals surface area contributed by atoms with Gasteiger partial charge in [-0.3, -0.25) is 4.79 Å². The van der Waals surface area contributed by atoms with Gasteiger partial charge in [-0.2, -0.15) is 5.26 Å². The summed E-state index contributed by atoms with van der Waals surface area (Å²) in [5.74, 6) is 0.167. The van der Waals surface area contributed by atoms with Gasteiger partial charge >= 0.3 is 5.97 Å². The lowest BCUT2D eigenvalue weighted by Crippen LogP contribution is -2.39. The quantitative estimate of drug-likeness (QED) is 0.846. The highest BCUT2D eigenvalue weighted by molar-refractivity contribution is 5.73. The van der Waals surface area contributed by atoms with Crippen molar-refractivity contribution in [3.63, 3.8) is 0 Å². The van der Waals surface area contributed by atoms with E-state index in [-0.39, 0.29) is 23.6 Å². The van der Waals surface area contributed by atoms with E-state index >= 15 is 0 Å². The lowest BCUT2D eigenvalue weighted by molar-refractivity contribution is -0.143. The van der Waals surface area contributed by atoms with E-state index < -0.39 is 5.97 Å². The Morgan fingerprint density at radius 3 is 2.79 bits per heavy atom. The molecule has 2 saturated carbocycles. The van der Waals surface area contributed by atoms with Crippen molar-refractivity contribution in [2.24, 2.45) is 17.8 Å². The number of carboxylic acids is 1. The summed E-state index contributed by atoms with van der Waals surface area (Å²) in [6, 6.07) is 1.84. The van der Waals surface area contributed by atoms with E-state index in [1.165, 1.54) is 12.4 Å². The van der Waals surface area contributed by atoms with Crippen LogP contribution >= 0.6 is 0 Å². The van der Waals surface area contributed by atoms with Crippen LogP contribution in [0, 0.1) is 29.1 Å². The van der Waals surface area contributed by atoms with Crippen LogP contribution in [0.25, 0.3) is 0 Å². The van der Waals surface area contributed by atoms with Crippen LogP contribution in [0.15, 0.2) is 12.4 Å². The maximum absolute atomic E-state index is 11.4. The Morgan fingerprint density at radius 1 is 1.37 bits per heavy atom. The van der Waals surface area contributed by atoms with Gasteiger partial charge in [-0.15, -0.1) is 0 Å². The molecule has 98 valence electrons. The summed E-state index contributed by atoms with van der Waals surface area (Å²) in [5.41, 5.74) is 0.258. The predicted octanol–water partition coefficient (Wildman–Crippen LogP) is 1.26. The molecule has 4 atom stereocenters. The van der Waals surface area contributed by atoms with Crippen LogP contribution in [0.1, 0.15) is 25.0 Å². The number of aliphatic carboxylic acids is 1. The first-order chi connectivity index (χ1) is 9.19. The first kappa shape index (κ1) is 11.9. The second kappa shape index (κ2) is 4.50. The van der Waals surface area contributed by atoms with Crippen molar-refractivity contribution in [1.29, 1.82) is 5.26 Å². The molecule has 2 aliphatic rings. The summed E-state index contributed by atoms with van der Waals surface area (Å²) in [6.45, 7) is 0. The fourth-order valence-corrected chi connectivity index (χ4v) is 3.49. The largest absolute Gasteiger partial charge is 0.481 e. The minimum absolute atomic E-state index is 0.0708. The molecule has 1 heterocycles. The van der Waals surface area contributed by atoms with Crippen molar-refractivity contribution in [2.75, 3.05) is 5.32 Å². The van der Waals surface area contributed by atoms with E-state index in [9.17, 15) is 9.90 Å². The van der Waals surface area contributed by atoms with E-state index in [1.54, 1.807) is 0 Å². The van der Waals surface area contributed by atoms with E-state index in [1.807, 2.05) is 6.07 Å². The standard InChI is InChI=1S/C13H14N4O2/c14-4-9-5-16-10(6-15-9)17-12-8-2-1-7(3-8)11(12)13(18)19/h5-8,11-12H,1-3H2,(H,16,17)(H,18,19). The van der Waals surface area contributed by atoms with E-state index in [0.717, 1.165) is 19.3 Å². The summed E-state index contributed by atoms with van der Waals surface area (Å²) < 4.78 is 0. The minimum atomic E-state index is -0.730. The SMILES string of the molecule is N#Cc1cnc(NC2C3CCC(C3)C2C(=O)O)cn1. The third kappa shape index (κ3) is 2.01. The Kier molecular flexibility index (Phi) is 2.82. The lowest BCUT2D eigenvalue weighted by atomic mass is 9.84.